The standard InChI is InChI=1S/C16H21NOS/c1-3-17-15(12-4-5-12)16(2,18)13-7-6-11-8-9-19-14(11)10-13/h6-10,12,15,17-18H,3-5H2,1-2H3. The zero-order chi connectivity index (χ0) is 13.5. The topological polar surface area (TPSA) is 32.3 Å². The van der Waals surface area contributed by atoms with Crippen LogP contribution in [0.4, 0.5) is 0 Å². The second kappa shape index (κ2) is 4.89. The maximum atomic E-state index is 11.0. The normalized spacial score (nSPS) is 20.4. The lowest BCUT2D eigenvalue weighted by molar-refractivity contribution is 0.00757. The van der Waals surface area contributed by atoms with Crippen LogP contribution in [0.2, 0.25) is 0 Å². The van der Waals surface area contributed by atoms with E-state index in [9.17, 15) is 5.11 Å². The number of hydrogen-bond donors (Lipinski definition) is 2. The first-order chi connectivity index (χ1) is 9.13. The van der Waals surface area contributed by atoms with E-state index < -0.39 is 5.60 Å². The Morgan fingerprint density at radius 2 is 2.21 bits per heavy atom. The predicted octanol–water partition coefficient (Wildman–Crippen LogP) is 3.50. The van der Waals surface area contributed by atoms with Crippen molar-refractivity contribution in [1.29, 1.82) is 0 Å². The lowest BCUT2D eigenvalue weighted by Gasteiger charge is -2.34. The highest BCUT2D eigenvalue weighted by atomic mass is 32.1. The highest BCUT2D eigenvalue weighted by Crippen LogP contribution is 2.41. The molecule has 0 bridgehead atoms. The van der Waals surface area contributed by atoms with Crippen molar-refractivity contribution >= 4 is 21.4 Å². The summed E-state index contributed by atoms with van der Waals surface area (Å²) in [6.07, 6.45) is 2.46. The fourth-order valence-electron chi connectivity index (χ4n) is 2.92. The number of nitrogens with one attached hydrogen (secondary N) is 1. The van der Waals surface area contributed by atoms with Crippen molar-refractivity contribution in [2.24, 2.45) is 5.92 Å². The van der Waals surface area contributed by atoms with E-state index >= 15 is 0 Å². The molecule has 1 aromatic heterocycles. The minimum atomic E-state index is -0.796. The van der Waals surface area contributed by atoms with E-state index in [2.05, 4.69) is 41.9 Å². The van der Waals surface area contributed by atoms with Crippen molar-refractivity contribution in [1.82, 2.24) is 5.32 Å². The van der Waals surface area contributed by atoms with Crippen molar-refractivity contribution < 1.29 is 5.11 Å². The molecule has 2 N–H and O–H groups in total. The summed E-state index contributed by atoms with van der Waals surface area (Å²) in [6, 6.07) is 8.62. The van der Waals surface area contributed by atoms with Crippen LogP contribution in [0.3, 0.4) is 0 Å². The van der Waals surface area contributed by atoms with Gasteiger partial charge < -0.3 is 10.4 Å². The highest BCUT2D eigenvalue weighted by molar-refractivity contribution is 7.17. The molecule has 2 unspecified atom stereocenters. The van der Waals surface area contributed by atoms with Gasteiger partial charge in [-0.1, -0.05) is 19.1 Å². The van der Waals surface area contributed by atoms with Crippen LogP contribution in [0.15, 0.2) is 29.6 Å². The van der Waals surface area contributed by atoms with E-state index in [0.29, 0.717) is 5.92 Å². The van der Waals surface area contributed by atoms with E-state index in [0.717, 1.165) is 12.1 Å². The van der Waals surface area contributed by atoms with Crippen LogP contribution >= 0.6 is 11.3 Å². The Labute approximate surface area is 118 Å². The first-order valence-electron chi connectivity index (χ1n) is 7.06. The largest absolute Gasteiger partial charge is 0.384 e. The second-order valence-electron chi connectivity index (χ2n) is 5.69. The molecule has 0 saturated heterocycles. The molecule has 2 aromatic rings. The Morgan fingerprint density at radius 3 is 2.89 bits per heavy atom. The molecular weight excluding hydrogens is 254 g/mol. The van der Waals surface area contributed by atoms with Crippen molar-refractivity contribution in [2.45, 2.75) is 38.3 Å². The van der Waals surface area contributed by atoms with Gasteiger partial charge in [0.1, 0.15) is 5.60 Å². The van der Waals surface area contributed by atoms with Crippen LogP contribution in [0.25, 0.3) is 10.1 Å². The number of thiophene rings is 1. The SMILES string of the molecule is CCNC(C1CC1)C(C)(O)c1ccc2ccsc2c1. The predicted molar refractivity (Wildman–Crippen MR) is 81.6 cm³/mol. The first-order valence-corrected chi connectivity index (χ1v) is 7.94. The number of benzene rings is 1. The van der Waals surface area contributed by atoms with Gasteiger partial charge in [-0.05, 0) is 60.7 Å². The average molecular weight is 275 g/mol. The summed E-state index contributed by atoms with van der Waals surface area (Å²) in [4.78, 5) is 0. The average Bonchev–Trinajstić information content (AvgIpc) is 3.11. The van der Waals surface area contributed by atoms with Crippen molar-refractivity contribution in [3.63, 3.8) is 0 Å². The smallest absolute Gasteiger partial charge is 0.102 e. The van der Waals surface area contributed by atoms with Crippen LogP contribution in [-0.4, -0.2) is 17.7 Å². The Kier molecular flexibility index (Phi) is 3.37. The van der Waals surface area contributed by atoms with Crippen molar-refractivity contribution in [2.75, 3.05) is 6.54 Å². The van der Waals surface area contributed by atoms with Gasteiger partial charge in [-0.15, -0.1) is 11.3 Å². The fourth-order valence-corrected chi connectivity index (χ4v) is 3.75. The van der Waals surface area contributed by atoms with Crippen LogP contribution in [0.1, 0.15) is 32.3 Å². The first kappa shape index (κ1) is 13.1. The molecule has 2 atom stereocenters. The zero-order valence-electron chi connectivity index (χ0n) is 11.5. The van der Waals surface area contributed by atoms with E-state index in [1.165, 1.54) is 22.9 Å². The summed E-state index contributed by atoms with van der Waals surface area (Å²) in [6.45, 7) is 4.96. The Bertz CT molecular complexity index is 571. The summed E-state index contributed by atoms with van der Waals surface area (Å²) in [5, 5.41) is 17.9. The molecule has 0 amide bonds. The molecule has 2 nitrogen and oxygen atoms in total. The van der Waals surface area contributed by atoms with Crippen LogP contribution < -0.4 is 5.32 Å². The van der Waals surface area contributed by atoms with E-state index in [4.69, 9.17) is 0 Å². The number of likely N-dealkylation sites (N-methyl/N-ethyl adjacent to an activating group) is 1. The third-order valence-electron chi connectivity index (χ3n) is 4.16. The molecular formula is C16H21NOS. The Morgan fingerprint density at radius 1 is 1.42 bits per heavy atom. The molecule has 19 heavy (non-hydrogen) atoms. The van der Waals surface area contributed by atoms with Crippen molar-refractivity contribution in [3.8, 4) is 0 Å². The monoisotopic (exact) mass is 275 g/mol. The third-order valence-corrected chi connectivity index (χ3v) is 5.04. The van der Waals surface area contributed by atoms with Gasteiger partial charge in [0, 0.05) is 10.7 Å². The Hall–Kier alpha value is -0.900. The van der Waals surface area contributed by atoms with Gasteiger partial charge in [0.2, 0.25) is 0 Å². The van der Waals surface area contributed by atoms with E-state index in [1.54, 1.807) is 11.3 Å². The van der Waals surface area contributed by atoms with Crippen molar-refractivity contribution in [3.05, 3.63) is 35.2 Å². The number of hydrogen-bond acceptors (Lipinski definition) is 3. The summed E-state index contributed by atoms with van der Waals surface area (Å²) >= 11 is 1.74. The zero-order valence-corrected chi connectivity index (χ0v) is 12.3. The molecule has 3 rings (SSSR count). The summed E-state index contributed by atoms with van der Waals surface area (Å²) < 4.78 is 1.25. The summed E-state index contributed by atoms with van der Waals surface area (Å²) in [5.74, 6) is 0.619. The van der Waals surface area contributed by atoms with Gasteiger partial charge in [0.05, 0.1) is 0 Å². The minimum Gasteiger partial charge on any atom is -0.384 e. The molecule has 102 valence electrons. The van der Waals surface area contributed by atoms with E-state index in [1.807, 2.05) is 6.92 Å². The molecule has 1 fully saturated rings. The molecule has 0 spiro atoms. The van der Waals surface area contributed by atoms with Gasteiger partial charge in [-0.25, -0.2) is 0 Å². The molecule has 1 aliphatic carbocycles. The maximum absolute atomic E-state index is 11.0. The summed E-state index contributed by atoms with van der Waals surface area (Å²) in [7, 11) is 0. The fraction of sp³-hybridized carbons (Fsp3) is 0.500. The molecule has 3 heteroatoms. The third kappa shape index (κ3) is 2.42. The minimum absolute atomic E-state index is 0.162. The van der Waals surface area contributed by atoms with E-state index in [-0.39, 0.29) is 6.04 Å². The van der Waals surface area contributed by atoms with Crippen LogP contribution in [0, 0.1) is 5.92 Å². The Balaban J connectivity index is 1.96. The lowest BCUT2D eigenvalue weighted by atomic mass is 9.85. The number of fused-ring (bicyclic) bond motifs is 1. The quantitative estimate of drug-likeness (QED) is 0.875. The molecule has 0 radical (unpaired) electrons. The van der Waals surface area contributed by atoms with Gasteiger partial charge in [0.15, 0.2) is 0 Å². The molecule has 1 heterocycles. The number of rotatable bonds is 5. The molecule has 1 aliphatic rings. The molecule has 1 aromatic carbocycles. The maximum Gasteiger partial charge on any atom is 0.102 e. The second-order valence-corrected chi connectivity index (χ2v) is 6.64. The van der Waals surface area contributed by atoms with Gasteiger partial charge >= 0.3 is 0 Å². The van der Waals surface area contributed by atoms with Gasteiger partial charge in [-0.2, -0.15) is 0 Å². The van der Waals surface area contributed by atoms with Gasteiger partial charge in [0.25, 0.3) is 0 Å². The van der Waals surface area contributed by atoms with Crippen LogP contribution in [0.5, 0.6) is 0 Å². The highest BCUT2D eigenvalue weighted by Gasteiger charge is 2.43. The molecule has 0 aliphatic heterocycles. The number of aliphatic hydroxyl groups is 1. The molecule has 1 saturated carbocycles. The lowest BCUT2D eigenvalue weighted by Crippen LogP contribution is -2.48. The summed E-state index contributed by atoms with van der Waals surface area (Å²) in [5.41, 5.74) is 0.232. The van der Waals surface area contributed by atoms with Gasteiger partial charge in [-0.3, -0.25) is 0 Å². The van der Waals surface area contributed by atoms with Crippen LogP contribution in [-0.2, 0) is 5.60 Å².